The number of hydrogen-bond acceptors (Lipinski definition) is 4. The van der Waals surface area contributed by atoms with E-state index in [4.69, 9.17) is 0 Å². The van der Waals surface area contributed by atoms with Crippen molar-refractivity contribution in [2.45, 2.75) is 26.3 Å². The van der Waals surface area contributed by atoms with Crippen LogP contribution in [-0.4, -0.2) is 26.5 Å². The van der Waals surface area contributed by atoms with Crippen molar-refractivity contribution in [3.05, 3.63) is 89.3 Å². The second-order valence-electron chi connectivity index (χ2n) is 7.37. The van der Waals surface area contributed by atoms with Gasteiger partial charge in [-0.3, -0.25) is 4.79 Å². The number of carbonyl (C=O) groups excluding carboxylic acids is 1. The van der Waals surface area contributed by atoms with E-state index in [2.05, 4.69) is 15.4 Å². The highest BCUT2D eigenvalue weighted by atomic mass is 19.1. The zero-order valence-electron chi connectivity index (χ0n) is 16.3. The van der Waals surface area contributed by atoms with Crippen molar-refractivity contribution in [3.63, 3.8) is 0 Å². The summed E-state index contributed by atoms with van der Waals surface area (Å²) in [7, 11) is 0. The van der Waals surface area contributed by atoms with Gasteiger partial charge < -0.3 is 0 Å². The van der Waals surface area contributed by atoms with Gasteiger partial charge in [0.15, 0.2) is 0 Å². The number of halogens is 2. The molecule has 0 saturated heterocycles. The van der Waals surface area contributed by atoms with Crippen LogP contribution in [0.1, 0.15) is 37.7 Å². The number of aromatic nitrogens is 4. The van der Waals surface area contributed by atoms with Crippen LogP contribution in [0.3, 0.4) is 0 Å². The Bertz CT molecular complexity index is 1010. The van der Waals surface area contributed by atoms with Crippen LogP contribution in [0.25, 0.3) is 11.1 Å². The summed E-state index contributed by atoms with van der Waals surface area (Å²) in [6.45, 7) is 5.80. The van der Waals surface area contributed by atoms with Gasteiger partial charge in [-0.05, 0) is 73.5 Å². The number of nitrogens with zero attached hydrogens (tertiary/aromatic N) is 4. The maximum Gasteiger partial charge on any atom is 0.205 e. The first-order valence-corrected chi connectivity index (χ1v) is 8.98. The first-order chi connectivity index (χ1) is 13.8. The third-order valence-corrected chi connectivity index (χ3v) is 4.13. The maximum atomic E-state index is 13.5. The molecule has 0 fully saturated rings. The number of aldehydes is 1. The minimum Gasteiger partial charge on any atom is -0.299 e. The first kappa shape index (κ1) is 20.3. The van der Waals surface area contributed by atoms with E-state index in [0.29, 0.717) is 34.4 Å². The van der Waals surface area contributed by atoms with Crippen molar-refractivity contribution in [1.29, 1.82) is 0 Å². The molecule has 0 aliphatic carbocycles. The predicted octanol–water partition coefficient (Wildman–Crippen LogP) is 4.42. The number of hydrogen-bond donors (Lipinski definition) is 0. The minimum atomic E-state index is -0.392. The average molecular weight is 394 g/mol. The van der Waals surface area contributed by atoms with E-state index < -0.39 is 5.54 Å². The summed E-state index contributed by atoms with van der Waals surface area (Å²) in [5.41, 5.74) is 2.06. The topological polar surface area (TPSA) is 60.7 Å². The lowest BCUT2D eigenvalue weighted by molar-refractivity contribution is -0.104. The zero-order valence-corrected chi connectivity index (χ0v) is 16.3. The number of carbonyl (C=O) groups is 1. The summed E-state index contributed by atoms with van der Waals surface area (Å²) in [5, 5.41) is 12.7. The smallest absolute Gasteiger partial charge is 0.205 e. The molecule has 0 N–H and O–H groups in total. The second-order valence-corrected chi connectivity index (χ2v) is 7.37. The van der Waals surface area contributed by atoms with Crippen LogP contribution in [0.4, 0.5) is 8.78 Å². The molecule has 0 atom stereocenters. The Balaban J connectivity index is 2.31. The summed E-state index contributed by atoms with van der Waals surface area (Å²) in [5.74, 6) is -0.468. The van der Waals surface area contributed by atoms with Crippen molar-refractivity contribution in [1.82, 2.24) is 20.2 Å². The fourth-order valence-electron chi connectivity index (χ4n) is 2.72. The zero-order chi connectivity index (χ0) is 21.0. The highest BCUT2D eigenvalue weighted by Crippen LogP contribution is 2.32. The van der Waals surface area contributed by atoms with Gasteiger partial charge >= 0.3 is 0 Å². The summed E-state index contributed by atoms with van der Waals surface area (Å²) < 4.78 is 27.0. The van der Waals surface area contributed by atoms with Gasteiger partial charge in [0.2, 0.25) is 5.82 Å². The number of tetrazole rings is 1. The molecule has 0 amide bonds. The standard InChI is InChI=1S/C22H20F2N4O/c1-22(2,3)28-26-21(25-27-28)19(5-4-14-29)20(15-6-10-17(23)11-7-15)16-8-12-18(24)13-9-16/h4-14H,1-3H3/b5-4+. The summed E-state index contributed by atoms with van der Waals surface area (Å²) in [6.07, 6.45) is 3.53. The molecule has 5 nitrogen and oxygen atoms in total. The molecule has 0 aliphatic rings. The fraction of sp³-hybridized carbons (Fsp3) is 0.182. The molecular formula is C22H20F2N4O. The minimum absolute atomic E-state index is 0.293. The quantitative estimate of drug-likeness (QED) is 0.365. The molecule has 0 bridgehead atoms. The van der Waals surface area contributed by atoms with Crippen LogP contribution in [0, 0.1) is 11.6 Å². The molecule has 0 aliphatic heterocycles. The number of benzene rings is 2. The summed E-state index contributed by atoms with van der Waals surface area (Å²) in [6, 6.07) is 11.8. The third kappa shape index (κ3) is 4.68. The number of rotatable bonds is 5. The summed E-state index contributed by atoms with van der Waals surface area (Å²) >= 11 is 0. The van der Waals surface area contributed by atoms with Crippen molar-refractivity contribution in [2.24, 2.45) is 0 Å². The van der Waals surface area contributed by atoms with E-state index in [-0.39, 0.29) is 11.6 Å². The molecule has 1 heterocycles. The van der Waals surface area contributed by atoms with E-state index in [1.165, 1.54) is 35.1 Å². The van der Waals surface area contributed by atoms with E-state index in [9.17, 15) is 13.6 Å². The van der Waals surface area contributed by atoms with Crippen LogP contribution < -0.4 is 0 Å². The van der Waals surface area contributed by atoms with Crippen LogP contribution in [0.5, 0.6) is 0 Å². The second kappa shape index (κ2) is 8.26. The predicted molar refractivity (Wildman–Crippen MR) is 107 cm³/mol. The Morgan fingerprint density at radius 1 is 0.931 bits per heavy atom. The highest BCUT2D eigenvalue weighted by molar-refractivity contribution is 6.01. The Kier molecular flexibility index (Phi) is 5.77. The molecule has 3 rings (SSSR count). The molecule has 29 heavy (non-hydrogen) atoms. The van der Waals surface area contributed by atoms with Gasteiger partial charge in [0, 0.05) is 11.1 Å². The molecule has 3 aromatic rings. The maximum absolute atomic E-state index is 13.5. The van der Waals surface area contributed by atoms with Gasteiger partial charge in [-0.2, -0.15) is 4.80 Å². The van der Waals surface area contributed by atoms with Crippen molar-refractivity contribution >= 4 is 17.4 Å². The average Bonchev–Trinajstić information content (AvgIpc) is 3.18. The Morgan fingerprint density at radius 3 is 1.86 bits per heavy atom. The molecule has 1 aromatic heterocycles. The molecule has 0 spiro atoms. The lowest BCUT2D eigenvalue weighted by atomic mass is 9.92. The molecule has 0 unspecified atom stereocenters. The first-order valence-electron chi connectivity index (χ1n) is 8.98. The molecular weight excluding hydrogens is 374 g/mol. The van der Waals surface area contributed by atoms with Gasteiger partial charge in [-0.15, -0.1) is 10.2 Å². The Hall–Kier alpha value is -3.48. The SMILES string of the molecule is CC(C)(C)n1nnc(C(/C=C/C=O)=C(c2ccc(F)cc2)c2ccc(F)cc2)n1. The van der Waals surface area contributed by atoms with Gasteiger partial charge in [0.25, 0.3) is 0 Å². The van der Waals surface area contributed by atoms with E-state index >= 15 is 0 Å². The van der Waals surface area contributed by atoms with Crippen LogP contribution in [0.2, 0.25) is 0 Å². The van der Waals surface area contributed by atoms with E-state index in [0.717, 1.165) is 0 Å². The van der Waals surface area contributed by atoms with E-state index in [1.54, 1.807) is 30.3 Å². The molecule has 7 heteroatoms. The molecule has 2 aromatic carbocycles. The summed E-state index contributed by atoms with van der Waals surface area (Å²) in [4.78, 5) is 12.5. The molecule has 0 radical (unpaired) electrons. The third-order valence-electron chi connectivity index (χ3n) is 4.13. The molecule has 148 valence electrons. The van der Waals surface area contributed by atoms with Crippen molar-refractivity contribution in [3.8, 4) is 0 Å². The lowest BCUT2D eigenvalue weighted by Crippen LogP contribution is -2.24. The van der Waals surface area contributed by atoms with Crippen LogP contribution >= 0.6 is 0 Å². The van der Waals surface area contributed by atoms with Crippen LogP contribution in [-0.2, 0) is 10.3 Å². The van der Waals surface area contributed by atoms with Gasteiger partial charge in [-0.25, -0.2) is 8.78 Å². The molecule has 0 saturated carbocycles. The highest BCUT2D eigenvalue weighted by Gasteiger charge is 2.21. The largest absolute Gasteiger partial charge is 0.299 e. The van der Waals surface area contributed by atoms with Gasteiger partial charge in [0.1, 0.15) is 17.9 Å². The normalized spacial score (nSPS) is 11.6. The lowest BCUT2D eigenvalue weighted by Gasteiger charge is -2.15. The number of allylic oxidation sites excluding steroid dienone is 3. The Morgan fingerprint density at radius 2 is 1.45 bits per heavy atom. The van der Waals surface area contributed by atoms with Crippen LogP contribution in [0.15, 0.2) is 60.7 Å². The van der Waals surface area contributed by atoms with Gasteiger partial charge in [-0.1, -0.05) is 24.3 Å². The Labute approximate surface area is 167 Å². The fourth-order valence-corrected chi connectivity index (χ4v) is 2.72. The monoisotopic (exact) mass is 394 g/mol. The van der Waals surface area contributed by atoms with Gasteiger partial charge in [0.05, 0.1) is 5.54 Å². The van der Waals surface area contributed by atoms with Crippen molar-refractivity contribution < 1.29 is 13.6 Å². The van der Waals surface area contributed by atoms with E-state index in [1.807, 2.05) is 20.8 Å². The van der Waals surface area contributed by atoms with Crippen molar-refractivity contribution in [2.75, 3.05) is 0 Å².